The highest BCUT2D eigenvalue weighted by Gasteiger charge is 2.23. The van der Waals surface area contributed by atoms with Gasteiger partial charge in [-0.05, 0) is 19.1 Å². The summed E-state index contributed by atoms with van der Waals surface area (Å²) in [7, 11) is 0. The highest BCUT2D eigenvalue weighted by molar-refractivity contribution is 5.94. The molecule has 1 heterocycles. The molecule has 0 saturated carbocycles. The maximum absolute atomic E-state index is 13.4. The van der Waals surface area contributed by atoms with Crippen LogP contribution in [0.15, 0.2) is 18.2 Å². The lowest BCUT2D eigenvalue weighted by Crippen LogP contribution is -2.51. The average molecular weight is 240 g/mol. The number of piperazine rings is 1. The zero-order valence-electron chi connectivity index (χ0n) is 9.54. The molecule has 1 aliphatic heterocycles. The number of hydrogen-bond acceptors (Lipinski definition) is 2. The van der Waals surface area contributed by atoms with Gasteiger partial charge in [0.05, 0.1) is 5.56 Å². The van der Waals surface area contributed by atoms with Crippen LogP contribution in [0.3, 0.4) is 0 Å². The molecular formula is C12H14F2N2O. The number of amides is 1. The molecule has 0 aliphatic carbocycles. The minimum absolute atomic E-state index is 0.0690. The van der Waals surface area contributed by atoms with Gasteiger partial charge in [-0.25, -0.2) is 8.78 Å². The quantitative estimate of drug-likeness (QED) is 0.804. The fourth-order valence-electron chi connectivity index (χ4n) is 1.95. The van der Waals surface area contributed by atoms with Crippen molar-refractivity contribution in [3.05, 3.63) is 35.4 Å². The smallest absolute Gasteiger partial charge is 0.256 e. The average Bonchev–Trinajstić information content (AvgIpc) is 2.28. The van der Waals surface area contributed by atoms with E-state index in [1.54, 1.807) is 4.90 Å². The summed E-state index contributed by atoms with van der Waals surface area (Å²) in [6, 6.07) is 3.22. The third kappa shape index (κ3) is 2.61. The molecule has 0 bridgehead atoms. The second kappa shape index (κ2) is 4.79. The van der Waals surface area contributed by atoms with Crippen LogP contribution >= 0.6 is 0 Å². The highest BCUT2D eigenvalue weighted by Crippen LogP contribution is 2.13. The Hall–Kier alpha value is -1.49. The predicted octanol–water partition coefficient (Wildman–Crippen LogP) is 1.40. The van der Waals surface area contributed by atoms with E-state index in [9.17, 15) is 13.6 Å². The van der Waals surface area contributed by atoms with Crippen LogP contribution in [0.1, 0.15) is 17.3 Å². The van der Waals surface area contributed by atoms with Crippen molar-refractivity contribution in [1.29, 1.82) is 0 Å². The Morgan fingerprint density at radius 1 is 1.47 bits per heavy atom. The van der Waals surface area contributed by atoms with Crippen LogP contribution in [0.2, 0.25) is 0 Å². The van der Waals surface area contributed by atoms with Crippen molar-refractivity contribution in [2.75, 3.05) is 19.6 Å². The zero-order valence-corrected chi connectivity index (χ0v) is 9.54. The molecule has 92 valence electrons. The summed E-state index contributed by atoms with van der Waals surface area (Å²) in [5.41, 5.74) is -0.0690. The maximum Gasteiger partial charge on any atom is 0.256 e. The number of carbonyl (C=O) groups excluding carboxylic acids is 1. The van der Waals surface area contributed by atoms with Gasteiger partial charge >= 0.3 is 0 Å². The van der Waals surface area contributed by atoms with Crippen LogP contribution in [0.5, 0.6) is 0 Å². The van der Waals surface area contributed by atoms with E-state index in [1.807, 2.05) is 6.92 Å². The van der Waals surface area contributed by atoms with Crippen LogP contribution in [-0.4, -0.2) is 36.5 Å². The fourth-order valence-corrected chi connectivity index (χ4v) is 1.95. The van der Waals surface area contributed by atoms with Crippen LogP contribution < -0.4 is 5.32 Å². The van der Waals surface area contributed by atoms with E-state index in [0.29, 0.717) is 19.6 Å². The molecule has 17 heavy (non-hydrogen) atoms. The number of nitrogens with zero attached hydrogens (tertiary/aromatic N) is 1. The monoisotopic (exact) mass is 240 g/mol. The SMILES string of the molecule is C[C@@H]1CN(C(=O)c2ccc(F)cc2F)CCN1. The second-order valence-corrected chi connectivity index (χ2v) is 4.23. The molecule has 1 aliphatic rings. The molecule has 1 amide bonds. The minimum Gasteiger partial charge on any atom is -0.336 e. The summed E-state index contributed by atoms with van der Waals surface area (Å²) < 4.78 is 26.2. The summed E-state index contributed by atoms with van der Waals surface area (Å²) >= 11 is 0. The van der Waals surface area contributed by atoms with Crippen LogP contribution in [0, 0.1) is 11.6 Å². The van der Waals surface area contributed by atoms with E-state index in [-0.39, 0.29) is 17.5 Å². The number of carbonyl (C=O) groups is 1. The number of rotatable bonds is 1. The maximum atomic E-state index is 13.4. The fraction of sp³-hybridized carbons (Fsp3) is 0.417. The molecular weight excluding hydrogens is 226 g/mol. The largest absolute Gasteiger partial charge is 0.336 e. The van der Waals surface area contributed by atoms with Gasteiger partial charge < -0.3 is 10.2 Å². The summed E-state index contributed by atoms with van der Waals surface area (Å²) in [4.78, 5) is 13.6. The molecule has 1 N–H and O–H groups in total. The van der Waals surface area contributed by atoms with Gasteiger partial charge in [0.15, 0.2) is 0 Å². The van der Waals surface area contributed by atoms with Crippen molar-refractivity contribution in [2.24, 2.45) is 0 Å². The van der Waals surface area contributed by atoms with Gasteiger partial charge in [0.1, 0.15) is 11.6 Å². The molecule has 0 radical (unpaired) electrons. The first kappa shape index (κ1) is 12.0. The Bertz CT molecular complexity index is 437. The van der Waals surface area contributed by atoms with Crippen molar-refractivity contribution < 1.29 is 13.6 Å². The molecule has 1 fully saturated rings. The predicted molar refractivity (Wildman–Crippen MR) is 59.7 cm³/mol. The molecule has 3 nitrogen and oxygen atoms in total. The Kier molecular flexibility index (Phi) is 3.38. The van der Waals surface area contributed by atoms with Crippen molar-refractivity contribution in [3.63, 3.8) is 0 Å². The molecule has 5 heteroatoms. The minimum atomic E-state index is -0.804. The summed E-state index contributed by atoms with van der Waals surface area (Å²) in [5.74, 6) is -1.86. The lowest BCUT2D eigenvalue weighted by molar-refractivity contribution is 0.0704. The first-order valence-electron chi connectivity index (χ1n) is 5.55. The molecule has 2 rings (SSSR count). The van der Waals surface area contributed by atoms with E-state index in [4.69, 9.17) is 0 Å². The summed E-state index contributed by atoms with van der Waals surface area (Å²) in [6.07, 6.45) is 0. The van der Waals surface area contributed by atoms with Crippen LogP contribution in [-0.2, 0) is 0 Å². The van der Waals surface area contributed by atoms with Gasteiger partial charge in [0.25, 0.3) is 5.91 Å². The Morgan fingerprint density at radius 3 is 2.88 bits per heavy atom. The van der Waals surface area contributed by atoms with Gasteiger partial charge in [0, 0.05) is 31.7 Å². The lowest BCUT2D eigenvalue weighted by atomic mass is 10.1. The standard InChI is InChI=1S/C12H14F2N2O/c1-8-7-16(5-4-15-8)12(17)10-3-2-9(13)6-11(10)14/h2-3,6,8,15H,4-5,7H2,1H3/t8-/m1/s1. The third-order valence-electron chi connectivity index (χ3n) is 2.82. The molecule has 0 aromatic heterocycles. The first-order valence-corrected chi connectivity index (χ1v) is 5.55. The van der Waals surface area contributed by atoms with E-state index in [2.05, 4.69) is 5.32 Å². The lowest BCUT2D eigenvalue weighted by Gasteiger charge is -2.32. The Balaban J connectivity index is 2.18. The van der Waals surface area contributed by atoms with E-state index >= 15 is 0 Å². The number of halogens is 2. The zero-order chi connectivity index (χ0) is 12.4. The Morgan fingerprint density at radius 2 is 2.24 bits per heavy atom. The molecule has 0 unspecified atom stereocenters. The van der Waals surface area contributed by atoms with Crippen molar-refractivity contribution >= 4 is 5.91 Å². The molecule has 1 atom stereocenters. The van der Waals surface area contributed by atoms with Crippen molar-refractivity contribution in [3.8, 4) is 0 Å². The molecule has 1 aromatic rings. The van der Waals surface area contributed by atoms with Gasteiger partial charge in [0.2, 0.25) is 0 Å². The first-order chi connectivity index (χ1) is 8.08. The van der Waals surface area contributed by atoms with Gasteiger partial charge in [-0.2, -0.15) is 0 Å². The van der Waals surface area contributed by atoms with E-state index in [1.165, 1.54) is 6.07 Å². The molecule has 0 spiro atoms. The summed E-state index contributed by atoms with van der Waals surface area (Å²) in [5, 5.41) is 3.19. The number of nitrogens with one attached hydrogen (secondary N) is 1. The number of hydrogen-bond donors (Lipinski definition) is 1. The molecule has 1 aromatic carbocycles. The normalized spacial score (nSPS) is 20.4. The van der Waals surface area contributed by atoms with Crippen molar-refractivity contribution in [2.45, 2.75) is 13.0 Å². The van der Waals surface area contributed by atoms with Crippen LogP contribution in [0.4, 0.5) is 8.78 Å². The number of benzene rings is 1. The molecule has 1 saturated heterocycles. The van der Waals surface area contributed by atoms with Gasteiger partial charge in [-0.15, -0.1) is 0 Å². The van der Waals surface area contributed by atoms with Gasteiger partial charge in [-0.1, -0.05) is 0 Å². The van der Waals surface area contributed by atoms with Crippen LogP contribution in [0.25, 0.3) is 0 Å². The van der Waals surface area contributed by atoms with Crippen molar-refractivity contribution in [1.82, 2.24) is 10.2 Å². The van der Waals surface area contributed by atoms with E-state index < -0.39 is 11.6 Å². The summed E-state index contributed by atoms with van der Waals surface area (Å²) in [6.45, 7) is 3.73. The highest BCUT2D eigenvalue weighted by atomic mass is 19.1. The third-order valence-corrected chi connectivity index (χ3v) is 2.82. The van der Waals surface area contributed by atoms with E-state index in [0.717, 1.165) is 12.1 Å². The topological polar surface area (TPSA) is 32.3 Å². The second-order valence-electron chi connectivity index (χ2n) is 4.23. The Labute approximate surface area is 98.4 Å². The van der Waals surface area contributed by atoms with Gasteiger partial charge in [-0.3, -0.25) is 4.79 Å².